The first-order chi connectivity index (χ1) is 11.0. The summed E-state index contributed by atoms with van der Waals surface area (Å²) in [5.74, 6) is -0.0629. The number of aliphatic carboxylic acids is 1. The van der Waals surface area contributed by atoms with Crippen molar-refractivity contribution in [1.82, 2.24) is 5.32 Å². The highest BCUT2D eigenvalue weighted by Gasteiger charge is 2.56. The van der Waals surface area contributed by atoms with Gasteiger partial charge in [0, 0.05) is 5.54 Å². The van der Waals surface area contributed by atoms with Crippen molar-refractivity contribution in [3.05, 3.63) is 12.2 Å². The minimum atomic E-state index is -0.924. The third-order valence-corrected chi connectivity index (χ3v) is 6.91. The molecule has 0 spiro atoms. The van der Waals surface area contributed by atoms with Crippen molar-refractivity contribution in [3.8, 4) is 0 Å². The highest BCUT2D eigenvalue weighted by Crippen LogP contribution is 2.56. The molecule has 4 saturated carbocycles. The Morgan fingerprint density at radius 3 is 2.00 bits per heavy atom. The number of hydrogen-bond acceptors (Lipinski definition) is 3. The molecular weight excluding hydrogens is 294 g/mol. The second kappa shape index (κ2) is 4.59. The van der Waals surface area contributed by atoms with Gasteiger partial charge in [0.15, 0.2) is 0 Å². The number of carbonyl (C=O) groups is 2. The third kappa shape index (κ3) is 2.02. The number of nitrogens with one attached hydrogen (secondary N) is 1. The molecule has 124 valence electrons. The highest BCUT2D eigenvalue weighted by atomic mass is 16.5. The van der Waals surface area contributed by atoms with Crippen molar-refractivity contribution >= 4 is 11.9 Å². The van der Waals surface area contributed by atoms with Gasteiger partial charge in [-0.2, -0.15) is 0 Å². The predicted molar refractivity (Wildman–Crippen MR) is 81.5 cm³/mol. The molecule has 4 aliphatic carbocycles. The Balaban J connectivity index is 1.37. The van der Waals surface area contributed by atoms with Crippen LogP contribution in [0.1, 0.15) is 38.5 Å². The van der Waals surface area contributed by atoms with Gasteiger partial charge in [0.2, 0.25) is 5.91 Å². The van der Waals surface area contributed by atoms with Crippen LogP contribution in [-0.4, -0.2) is 34.7 Å². The Morgan fingerprint density at radius 2 is 1.48 bits per heavy atom. The SMILES string of the molecule is O=C(NC12CC3CC(CC(C3)C1)C2)[C@@H]1[C@H](C(=O)O)[C@@H]2C=C[C@H]1O2. The molecular formula is C18H23NO4. The van der Waals surface area contributed by atoms with Crippen LogP contribution >= 0.6 is 0 Å². The zero-order valence-corrected chi connectivity index (χ0v) is 13.1. The van der Waals surface area contributed by atoms with E-state index in [4.69, 9.17) is 4.74 Å². The summed E-state index contributed by atoms with van der Waals surface area (Å²) in [4.78, 5) is 24.5. The maximum absolute atomic E-state index is 12.9. The number of hydrogen-bond donors (Lipinski definition) is 2. The van der Waals surface area contributed by atoms with Gasteiger partial charge in [0.25, 0.3) is 0 Å². The first kappa shape index (κ1) is 14.0. The van der Waals surface area contributed by atoms with Crippen LogP contribution in [0.2, 0.25) is 0 Å². The van der Waals surface area contributed by atoms with Crippen LogP contribution in [0.15, 0.2) is 12.2 Å². The van der Waals surface area contributed by atoms with Crippen molar-refractivity contribution in [1.29, 1.82) is 0 Å². The Bertz CT molecular complexity index is 563. The first-order valence-corrected chi connectivity index (χ1v) is 8.92. The fraction of sp³-hybridized carbons (Fsp3) is 0.778. The van der Waals surface area contributed by atoms with Crippen LogP contribution < -0.4 is 5.32 Å². The summed E-state index contributed by atoms with van der Waals surface area (Å²) in [7, 11) is 0. The van der Waals surface area contributed by atoms with E-state index in [0.717, 1.165) is 37.0 Å². The fourth-order valence-electron chi connectivity index (χ4n) is 6.52. The Labute approximate surface area is 135 Å². The molecule has 0 unspecified atom stereocenters. The average Bonchev–Trinajstić information content (AvgIpc) is 3.05. The lowest BCUT2D eigenvalue weighted by atomic mass is 9.53. The van der Waals surface area contributed by atoms with Crippen molar-refractivity contribution in [2.24, 2.45) is 29.6 Å². The zero-order chi connectivity index (χ0) is 15.8. The third-order valence-electron chi connectivity index (χ3n) is 6.91. The molecule has 1 amide bonds. The van der Waals surface area contributed by atoms with Gasteiger partial charge in [0.05, 0.1) is 18.1 Å². The normalized spacial score (nSPS) is 52.1. The molecule has 5 fully saturated rings. The van der Waals surface area contributed by atoms with Crippen molar-refractivity contribution in [3.63, 3.8) is 0 Å². The van der Waals surface area contributed by atoms with Gasteiger partial charge in [-0.05, 0) is 56.3 Å². The molecule has 5 nitrogen and oxygen atoms in total. The average molecular weight is 317 g/mol. The van der Waals surface area contributed by atoms with Gasteiger partial charge >= 0.3 is 5.97 Å². The summed E-state index contributed by atoms with van der Waals surface area (Å²) in [6.45, 7) is 0. The summed E-state index contributed by atoms with van der Waals surface area (Å²) in [5.41, 5.74) is -0.0690. The van der Waals surface area contributed by atoms with Gasteiger partial charge in [-0.25, -0.2) is 0 Å². The second-order valence-corrected chi connectivity index (χ2v) is 8.53. The molecule has 2 N–H and O–H groups in total. The molecule has 23 heavy (non-hydrogen) atoms. The van der Waals surface area contributed by atoms with Crippen LogP contribution in [-0.2, 0) is 14.3 Å². The Kier molecular flexibility index (Phi) is 2.80. The Hall–Kier alpha value is -1.36. The molecule has 6 rings (SSSR count). The molecule has 6 aliphatic rings. The Morgan fingerprint density at radius 1 is 0.957 bits per heavy atom. The number of fused-ring (bicyclic) bond motifs is 2. The maximum Gasteiger partial charge on any atom is 0.310 e. The lowest BCUT2D eigenvalue weighted by Crippen LogP contribution is -2.61. The first-order valence-electron chi connectivity index (χ1n) is 8.92. The van der Waals surface area contributed by atoms with Gasteiger partial charge < -0.3 is 15.2 Å². The highest BCUT2D eigenvalue weighted by molar-refractivity contribution is 5.87. The van der Waals surface area contributed by atoms with Crippen molar-refractivity contribution in [2.75, 3.05) is 0 Å². The largest absolute Gasteiger partial charge is 0.481 e. The molecule has 0 aromatic heterocycles. The smallest absolute Gasteiger partial charge is 0.310 e. The summed E-state index contributed by atoms with van der Waals surface area (Å²) < 4.78 is 5.65. The maximum atomic E-state index is 12.9. The van der Waals surface area contributed by atoms with E-state index in [-0.39, 0.29) is 17.6 Å². The molecule has 0 aromatic carbocycles. The predicted octanol–water partition coefficient (Wildman–Crippen LogP) is 1.73. The van der Waals surface area contributed by atoms with Crippen LogP contribution in [0, 0.1) is 29.6 Å². The molecule has 1 saturated heterocycles. The van der Waals surface area contributed by atoms with Crippen molar-refractivity contribution < 1.29 is 19.4 Å². The van der Waals surface area contributed by atoms with E-state index in [1.54, 1.807) is 6.08 Å². The zero-order valence-electron chi connectivity index (χ0n) is 13.1. The van der Waals surface area contributed by atoms with E-state index in [1.807, 2.05) is 6.08 Å². The van der Waals surface area contributed by atoms with Gasteiger partial charge in [-0.1, -0.05) is 12.2 Å². The number of carbonyl (C=O) groups excluding carboxylic acids is 1. The van der Waals surface area contributed by atoms with Gasteiger partial charge in [-0.15, -0.1) is 0 Å². The quantitative estimate of drug-likeness (QED) is 0.777. The molecule has 6 bridgehead atoms. The van der Waals surface area contributed by atoms with E-state index in [0.29, 0.717) is 0 Å². The lowest BCUT2D eigenvalue weighted by molar-refractivity contribution is -0.148. The summed E-state index contributed by atoms with van der Waals surface area (Å²) >= 11 is 0. The number of amides is 1. The summed E-state index contributed by atoms with van der Waals surface area (Å²) in [6, 6.07) is 0. The van der Waals surface area contributed by atoms with Gasteiger partial charge in [0.1, 0.15) is 5.92 Å². The van der Waals surface area contributed by atoms with E-state index < -0.39 is 23.9 Å². The van der Waals surface area contributed by atoms with Crippen LogP contribution in [0.4, 0.5) is 0 Å². The second-order valence-electron chi connectivity index (χ2n) is 8.53. The molecule has 5 heteroatoms. The molecule has 0 aromatic rings. The van der Waals surface area contributed by atoms with E-state index in [2.05, 4.69) is 5.32 Å². The van der Waals surface area contributed by atoms with E-state index in [1.165, 1.54) is 19.3 Å². The molecule has 0 radical (unpaired) electrons. The van der Waals surface area contributed by atoms with E-state index >= 15 is 0 Å². The van der Waals surface area contributed by atoms with Crippen LogP contribution in [0.25, 0.3) is 0 Å². The molecule has 2 heterocycles. The van der Waals surface area contributed by atoms with Crippen LogP contribution in [0.3, 0.4) is 0 Å². The lowest BCUT2D eigenvalue weighted by Gasteiger charge is -2.57. The van der Waals surface area contributed by atoms with Gasteiger partial charge in [-0.3, -0.25) is 9.59 Å². The van der Waals surface area contributed by atoms with E-state index in [9.17, 15) is 14.7 Å². The monoisotopic (exact) mass is 317 g/mol. The standard InChI is InChI=1S/C18H23NO4/c20-16(14-12-1-2-13(23-12)15(14)17(21)22)19-18-6-9-3-10(7-18)5-11(4-9)8-18/h1-2,9-15H,3-8H2,(H,19,20)(H,21,22)/t9?,10?,11?,12-,13+,14+,15-,18?/m1/s1. The minimum Gasteiger partial charge on any atom is -0.481 e. The minimum absolute atomic E-state index is 0.0690. The summed E-state index contributed by atoms with van der Waals surface area (Å²) in [6.07, 6.45) is 10.1. The van der Waals surface area contributed by atoms with Crippen LogP contribution in [0.5, 0.6) is 0 Å². The molecule has 2 aliphatic heterocycles. The van der Waals surface area contributed by atoms with Crippen molar-refractivity contribution in [2.45, 2.75) is 56.3 Å². The number of ether oxygens (including phenoxy) is 1. The number of carboxylic acids is 1. The number of carboxylic acid groups (broad SMARTS) is 1. The topological polar surface area (TPSA) is 75.6 Å². The fourth-order valence-corrected chi connectivity index (χ4v) is 6.52. The molecule has 4 atom stereocenters. The summed E-state index contributed by atoms with van der Waals surface area (Å²) in [5, 5.41) is 12.8. The number of rotatable bonds is 3.